The van der Waals surface area contributed by atoms with Gasteiger partial charge in [-0.1, -0.05) is 53.8 Å². The zero-order valence-electron chi connectivity index (χ0n) is 17.9. The number of para-hydroxylation sites is 1. The molecule has 0 aliphatic carbocycles. The van der Waals surface area contributed by atoms with Gasteiger partial charge in [0, 0.05) is 18.7 Å². The molecule has 0 atom stereocenters. The fourth-order valence-corrected chi connectivity index (χ4v) is 6.45. The van der Waals surface area contributed by atoms with E-state index in [1.165, 1.54) is 27.8 Å². The van der Waals surface area contributed by atoms with Crippen molar-refractivity contribution in [2.75, 3.05) is 18.0 Å². The van der Waals surface area contributed by atoms with Crippen LogP contribution < -0.4 is 4.90 Å². The third-order valence-electron chi connectivity index (χ3n) is 5.75. The van der Waals surface area contributed by atoms with Crippen molar-refractivity contribution >= 4 is 42.6 Å². The fourth-order valence-electron chi connectivity index (χ4n) is 3.97. The lowest BCUT2D eigenvalue weighted by Gasteiger charge is -2.20. The van der Waals surface area contributed by atoms with Crippen LogP contribution in [-0.2, 0) is 16.6 Å². The van der Waals surface area contributed by atoms with Crippen molar-refractivity contribution in [2.45, 2.75) is 24.3 Å². The number of amides is 1. The molecule has 1 aromatic heterocycles. The number of carbonyl (C=O) groups is 1. The Morgan fingerprint density at radius 1 is 0.909 bits per heavy atom. The smallest absolute Gasteiger partial charge is 0.260 e. The lowest BCUT2D eigenvalue weighted by Crippen LogP contribution is -2.30. The summed E-state index contributed by atoms with van der Waals surface area (Å²) in [6, 6.07) is 23.8. The van der Waals surface area contributed by atoms with Gasteiger partial charge in [0.05, 0.1) is 21.7 Å². The van der Waals surface area contributed by atoms with Gasteiger partial charge in [0.1, 0.15) is 0 Å². The molecule has 3 aromatic carbocycles. The highest BCUT2D eigenvalue weighted by Gasteiger charge is 2.28. The van der Waals surface area contributed by atoms with Crippen LogP contribution in [0.3, 0.4) is 0 Å². The van der Waals surface area contributed by atoms with Crippen molar-refractivity contribution in [2.24, 2.45) is 0 Å². The first kappa shape index (κ1) is 21.8. The number of carbonyl (C=O) groups excluding carboxylic acids is 1. The van der Waals surface area contributed by atoms with Crippen molar-refractivity contribution in [1.82, 2.24) is 9.29 Å². The molecule has 1 aliphatic heterocycles. The summed E-state index contributed by atoms with van der Waals surface area (Å²) in [7, 11) is -3.52. The number of rotatable bonds is 6. The molecule has 0 bridgehead atoms. The van der Waals surface area contributed by atoms with Crippen LogP contribution >= 0.6 is 11.3 Å². The summed E-state index contributed by atoms with van der Waals surface area (Å²) in [4.78, 5) is 20.1. The molecule has 2 heterocycles. The standard InChI is InChI=1S/C25H23N3O3S2/c29-24(20-12-14-21(15-13-20)33(30,31)27-16-6-7-17-27)28(18-19-8-2-1-3-9-19)25-26-22-10-4-5-11-23(22)32-25/h1-5,8-15H,6-7,16-18H2. The third-order valence-corrected chi connectivity index (χ3v) is 8.72. The molecule has 4 aromatic rings. The molecule has 1 fully saturated rings. The second kappa shape index (κ2) is 9.05. The van der Waals surface area contributed by atoms with Crippen LogP contribution in [0.5, 0.6) is 0 Å². The molecule has 0 unspecified atom stereocenters. The number of aromatic nitrogens is 1. The Labute approximate surface area is 197 Å². The van der Waals surface area contributed by atoms with Crippen molar-refractivity contribution in [3.63, 3.8) is 0 Å². The van der Waals surface area contributed by atoms with Gasteiger partial charge in [-0.25, -0.2) is 13.4 Å². The zero-order chi connectivity index (χ0) is 22.8. The number of hydrogen-bond acceptors (Lipinski definition) is 5. The van der Waals surface area contributed by atoms with Crippen LogP contribution in [0.2, 0.25) is 0 Å². The molecular weight excluding hydrogens is 454 g/mol. The van der Waals surface area contributed by atoms with Gasteiger partial charge in [-0.2, -0.15) is 4.31 Å². The predicted molar refractivity (Wildman–Crippen MR) is 131 cm³/mol. The van der Waals surface area contributed by atoms with Crippen LogP contribution in [0.4, 0.5) is 5.13 Å². The molecule has 6 nitrogen and oxygen atoms in total. The number of benzene rings is 3. The minimum Gasteiger partial charge on any atom is -0.279 e. The van der Waals surface area contributed by atoms with E-state index >= 15 is 0 Å². The van der Waals surface area contributed by atoms with Crippen molar-refractivity contribution in [3.8, 4) is 0 Å². The highest BCUT2D eigenvalue weighted by atomic mass is 32.2. The molecule has 8 heteroatoms. The van der Waals surface area contributed by atoms with Crippen molar-refractivity contribution in [1.29, 1.82) is 0 Å². The Morgan fingerprint density at radius 3 is 2.27 bits per heavy atom. The van der Waals surface area contributed by atoms with E-state index in [1.807, 2.05) is 54.6 Å². The molecule has 1 amide bonds. The first-order valence-corrected chi connectivity index (χ1v) is 13.1. The van der Waals surface area contributed by atoms with Crippen LogP contribution in [-0.4, -0.2) is 36.7 Å². The Bertz CT molecular complexity index is 1340. The molecular formula is C25H23N3O3S2. The first-order chi connectivity index (χ1) is 16.0. The normalized spacial score (nSPS) is 14.5. The summed E-state index contributed by atoms with van der Waals surface area (Å²) in [6.45, 7) is 1.46. The monoisotopic (exact) mass is 477 g/mol. The molecule has 1 saturated heterocycles. The third kappa shape index (κ3) is 4.42. The van der Waals surface area contributed by atoms with Crippen LogP contribution in [0.25, 0.3) is 10.2 Å². The summed E-state index contributed by atoms with van der Waals surface area (Å²) < 4.78 is 28.2. The summed E-state index contributed by atoms with van der Waals surface area (Å²) >= 11 is 1.46. The highest BCUT2D eigenvalue weighted by Crippen LogP contribution is 2.31. The molecule has 0 radical (unpaired) electrons. The topological polar surface area (TPSA) is 70.6 Å². The highest BCUT2D eigenvalue weighted by molar-refractivity contribution is 7.89. The van der Waals surface area contributed by atoms with E-state index in [2.05, 4.69) is 4.98 Å². The van der Waals surface area contributed by atoms with E-state index in [-0.39, 0.29) is 10.8 Å². The van der Waals surface area contributed by atoms with Gasteiger partial charge in [-0.15, -0.1) is 0 Å². The molecule has 5 rings (SSSR count). The number of nitrogens with zero attached hydrogens (tertiary/aromatic N) is 3. The van der Waals surface area contributed by atoms with Gasteiger partial charge < -0.3 is 0 Å². The largest absolute Gasteiger partial charge is 0.279 e. The molecule has 0 N–H and O–H groups in total. The number of thiazole rings is 1. The predicted octanol–water partition coefficient (Wildman–Crippen LogP) is 4.93. The Kier molecular flexibility index (Phi) is 5.97. The second-order valence-electron chi connectivity index (χ2n) is 7.98. The fraction of sp³-hybridized carbons (Fsp3) is 0.200. The SMILES string of the molecule is O=C(c1ccc(S(=O)(=O)N2CCCC2)cc1)N(Cc1ccccc1)c1nc2ccccc2s1. The minimum atomic E-state index is -3.52. The van der Waals surface area contributed by atoms with Gasteiger partial charge in [0.2, 0.25) is 10.0 Å². The molecule has 1 aliphatic rings. The molecule has 0 saturated carbocycles. The summed E-state index contributed by atoms with van der Waals surface area (Å²) in [5.41, 5.74) is 2.25. The average molecular weight is 478 g/mol. The number of sulfonamides is 1. The maximum Gasteiger partial charge on any atom is 0.260 e. The number of fused-ring (bicyclic) bond motifs is 1. The number of hydrogen-bond donors (Lipinski definition) is 0. The Morgan fingerprint density at radius 2 is 1.58 bits per heavy atom. The summed E-state index contributed by atoms with van der Waals surface area (Å²) in [5, 5.41) is 0.610. The first-order valence-electron chi connectivity index (χ1n) is 10.8. The van der Waals surface area contributed by atoms with Gasteiger partial charge in [0.15, 0.2) is 5.13 Å². The van der Waals surface area contributed by atoms with E-state index in [1.54, 1.807) is 17.0 Å². The van der Waals surface area contributed by atoms with Crippen LogP contribution in [0, 0.1) is 0 Å². The Balaban J connectivity index is 1.47. The molecule has 0 spiro atoms. The maximum atomic E-state index is 13.6. The van der Waals surface area contributed by atoms with Gasteiger partial charge in [-0.05, 0) is 54.8 Å². The quantitative estimate of drug-likeness (QED) is 0.395. The zero-order valence-corrected chi connectivity index (χ0v) is 19.6. The van der Waals surface area contributed by atoms with E-state index in [4.69, 9.17) is 0 Å². The second-order valence-corrected chi connectivity index (χ2v) is 10.9. The van der Waals surface area contributed by atoms with Gasteiger partial charge in [0.25, 0.3) is 5.91 Å². The lowest BCUT2D eigenvalue weighted by molar-refractivity contribution is 0.0985. The van der Waals surface area contributed by atoms with Gasteiger partial charge >= 0.3 is 0 Å². The van der Waals surface area contributed by atoms with E-state index in [0.717, 1.165) is 28.6 Å². The molecule has 33 heavy (non-hydrogen) atoms. The van der Waals surface area contributed by atoms with Crippen molar-refractivity contribution < 1.29 is 13.2 Å². The van der Waals surface area contributed by atoms with Gasteiger partial charge in [-0.3, -0.25) is 9.69 Å². The number of anilines is 1. The van der Waals surface area contributed by atoms with E-state index in [9.17, 15) is 13.2 Å². The van der Waals surface area contributed by atoms with E-state index in [0.29, 0.717) is 30.3 Å². The summed E-state index contributed by atoms with van der Waals surface area (Å²) in [5.74, 6) is -0.219. The lowest BCUT2D eigenvalue weighted by atomic mass is 10.1. The van der Waals surface area contributed by atoms with Crippen LogP contribution in [0.15, 0.2) is 83.8 Å². The van der Waals surface area contributed by atoms with Crippen LogP contribution in [0.1, 0.15) is 28.8 Å². The summed E-state index contributed by atoms with van der Waals surface area (Å²) in [6.07, 6.45) is 1.76. The van der Waals surface area contributed by atoms with Crippen molar-refractivity contribution in [3.05, 3.63) is 90.0 Å². The minimum absolute atomic E-state index is 0.218. The van der Waals surface area contributed by atoms with E-state index < -0.39 is 10.0 Å². The maximum absolute atomic E-state index is 13.6. The Hall–Kier alpha value is -3.07. The molecule has 168 valence electrons. The average Bonchev–Trinajstić information content (AvgIpc) is 3.53.